The highest BCUT2D eigenvalue weighted by atomic mass is 35.5. The summed E-state index contributed by atoms with van der Waals surface area (Å²) in [5.41, 5.74) is 6.06. The van der Waals surface area contributed by atoms with Gasteiger partial charge in [-0.2, -0.15) is 13.2 Å². The number of nitrogen functional groups attached to an aromatic ring is 1. The predicted octanol–water partition coefficient (Wildman–Crippen LogP) is 4.20. The van der Waals surface area contributed by atoms with Crippen LogP contribution in [0, 0.1) is 0 Å². The quantitative estimate of drug-likeness (QED) is 0.703. The Balaban J connectivity index is 2.01. The molecule has 1 aliphatic rings. The van der Waals surface area contributed by atoms with Crippen molar-refractivity contribution in [1.82, 2.24) is 4.98 Å². The van der Waals surface area contributed by atoms with Gasteiger partial charge in [0.25, 0.3) is 0 Å². The molecule has 4 nitrogen and oxygen atoms in total. The zero-order valence-corrected chi connectivity index (χ0v) is 13.5. The minimum absolute atomic E-state index is 0.0276. The number of nitrogens with one attached hydrogen (secondary N) is 1. The summed E-state index contributed by atoms with van der Waals surface area (Å²) < 4.78 is 38.6. The standard InChI is InChI=1S/C16H17ClF3N3O/c17-15-13(21)14(22-9-2-4-10(24)5-3-9)11-6-1-8(16(18,19)20)7-12(11)23-15/h1,6-7,9-10,24H,2-5,21H2,(H,22,23)/t9-,10-. The number of hydrogen-bond acceptors (Lipinski definition) is 4. The molecule has 0 saturated heterocycles. The van der Waals surface area contributed by atoms with Gasteiger partial charge >= 0.3 is 6.18 Å². The number of benzene rings is 1. The van der Waals surface area contributed by atoms with E-state index in [1.807, 2.05) is 0 Å². The average Bonchev–Trinajstić information content (AvgIpc) is 2.52. The number of nitrogens with zero attached hydrogens (tertiary/aromatic N) is 1. The fourth-order valence-corrected chi connectivity index (χ4v) is 3.19. The first kappa shape index (κ1) is 17.1. The van der Waals surface area contributed by atoms with E-state index in [2.05, 4.69) is 10.3 Å². The van der Waals surface area contributed by atoms with E-state index in [0.29, 0.717) is 23.9 Å². The third kappa shape index (κ3) is 3.37. The van der Waals surface area contributed by atoms with Gasteiger partial charge in [-0.05, 0) is 37.8 Å². The molecule has 3 rings (SSSR count). The molecule has 0 atom stereocenters. The fraction of sp³-hybridized carbons (Fsp3) is 0.438. The molecule has 1 heterocycles. The molecule has 24 heavy (non-hydrogen) atoms. The summed E-state index contributed by atoms with van der Waals surface area (Å²) in [6.45, 7) is 0. The SMILES string of the molecule is Nc1c(Cl)nc2cc(C(F)(F)F)ccc2c1N[C@H]1CC[C@H](O)CC1. The van der Waals surface area contributed by atoms with Crippen molar-refractivity contribution in [2.24, 2.45) is 0 Å². The van der Waals surface area contributed by atoms with Gasteiger partial charge in [0, 0.05) is 11.4 Å². The highest BCUT2D eigenvalue weighted by molar-refractivity contribution is 6.33. The number of alkyl halides is 3. The smallest absolute Gasteiger partial charge is 0.395 e. The molecule has 1 fully saturated rings. The summed E-state index contributed by atoms with van der Waals surface area (Å²) in [4.78, 5) is 3.98. The van der Waals surface area contributed by atoms with Crippen molar-refractivity contribution in [3.05, 3.63) is 28.9 Å². The Hall–Kier alpha value is -1.73. The summed E-state index contributed by atoms with van der Waals surface area (Å²) in [5, 5.41) is 13.3. The highest BCUT2D eigenvalue weighted by Gasteiger charge is 2.31. The Morgan fingerprint density at radius 2 is 1.88 bits per heavy atom. The fourth-order valence-electron chi connectivity index (χ4n) is 3.01. The van der Waals surface area contributed by atoms with E-state index < -0.39 is 11.7 Å². The second-order valence-electron chi connectivity index (χ2n) is 6.07. The second-order valence-corrected chi connectivity index (χ2v) is 6.43. The molecule has 8 heteroatoms. The minimum atomic E-state index is -4.45. The van der Waals surface area contributed by atoms with Gasteiger partial charge in [0.15, 0.2) is 5.15 Å². The van der Waals surface area contributed by atoms with Crippen LogP contribution in [0.2, 0.25) is 5.15 Å². The van der Waals surface area contributed by atoms with Crippen LogP contribution in [-0.4, -0.2) is 22.2 Å². The Morgan fingerprint density at radius 3 is 2.50 bits per heavy atom. The normalized spacial score (nSPS) is 21.9. The van der Waals surface area contributed by atoms with Crippen LogP contribution in [0.3, 0.4) is 0 Å². The summed E-state index contributed by atoms with van der Waals surface area (Å²) >= 11 is 6.00. The molecular formula is C16H17ClF3N3O. The van der Waals surface area contributed by atoms with Crippen molar-refractivity contribution in [2.45, 2.75) is 44.0 Å². The van der Waals surface area contributed by atoms with Gasteiger partial charge in [0.05, 0.1) is 28.6 Å². The Bertz CT molecular complexity index is 758. The van der Waals surface area contributed by atoms with Crippen molar-refractivity contribution in [3.63, 3.8) is 0 Å². The van der Waals surface area contributed by atoms with Crippen LogP contribution in [0.5, 0.6) is 0 Å². The number of aliphatic hydroxyl groups is 1. The first-order chi connectivity index (χ1) is 11.3. The lowest BCUT2D eigenvalue weighted by Gasteiger charge is -2.28. The molecular weight excluding hydrogens is 343 g/mol. The summed E-state index contributed by atoms with van der Waals surface area (Å²) in [6.07, 6.45) is -1.89. The maximum Gasteiger partial charge on any atom is 0.416 e. The average molecular weight is 360 g/mol. The number of aliphatic hydroxyl groups excluding tert-OH is 1. The van der Waals surface area contributed by atoms with Gasteiger partial charge in [0.2, 0.25) is 0 Å². The number of nitrogens with two attached hydrogens (primary N) is 1. The van der Waals surface area contributed by atoms with E-state index in [-0.39, 0.29) is 28.5 Å². The Morgan fingerprint density at radius 1 is 1.21 bits per heavy atom. The van der Waals surface area contributed by atoms with Crippen LogP contribution in [0.15, 0.2) is 18.2 Å². The lowest BCUT2D eigenvalue weighted by atomic mass is 9.92. The van der Waals surface area contributed by atoms with Crippen LogP contribution in [0.1, 0.15) is 31.2 Å². The zero-order valence-electron chi connectivity index (χ0n) is 12.7. The first-order valence-electron chi connectivity index (χ1n) is 7.66. The molecule has 130 valence electrons. The summed E-state index contributed by atoms with van der Waals surface area (Å²) in [6, 6.07) is 3.42. The van der Waals surface area contributed by atoms with Gasteiger partial charge in [-0.3, -0.25) is 0 Å². The van der Waals surface area contributed by atoms with Crippen LogP contribution in [0.25, 0.3) is 10.9 Å². The van der Waals surface area contributed by atoms with Crippen molar-refractivity contribution >= 4 is 33.9 Å². The number of fused-ring (bicyclic) bond motifs is 1. The molecule has 0 spiro atoms. The number of aromatic nitrogens is 1. The second kappa shape index (κ2) is 6.29. The van der Waals surface area contributed by atoms with E-state index in [9.17, 15) is 18.3 Å². The van der Waals surface area contributed by atoms with Crippen molar-refractivity contribution in [2.75, 3.05) is 11.1 Å². The Labute approximate surface area is 141 Å². The molecule has 0 radical (unpaired) electrons. The topological polar surface area (TPSA) is 71.2 Å². The van der Waals surface area contributed by atoms with Crippen LogP contribution < -0.4 is 11.1 Å². The number of halogens is 4. The largest absolute Gasteiger partial charge is 0.416 e. The molecule has 1 aromatic heterocycles. The van der Waals surface area contributed by atoms with Gasteiger partial charge in [-0.1, -0.05) is 17.7 Å². The van der Waals surface area contributed by atoms with Gasteiger partial charge in [-0.25, -0.2) is 4.98 Å². The number of pyridine rings is 1. The zero-order chi connectivity index (χ0) is 17.5. The van der Waals surface area contributed by atoms with Crippen molar-refractivity contribution in [3.8, 4) is 0 Å². The monoisotopic (exact) mass is 359 g/mol. The number of anilines is 2. The molecule has 1 aliphatic carbocycles. The summed E-state index contributed by atoms with van der Waals surface area (Å²) in [5.74, 6) is 0. The van der Waals surface area contributed by atoms with E-state index >= 15 is 0 Å². The van der Waals surface area contributed by atoms with Crippen LogP contribution >= 0.6 is 11.6 Å². The van der Waals surface area contributed by atoms with Gasteiger partial charge in [0.1, 0.15) is 0 Å². The molecule has 0 aliphatic heterocycles. The molecule has 0 amide bonds. The third-order valence-electron chi connectivity index (χ3n) is 4.35. The maximum atomic E-state index is 12.9. The highest BCUT2D eigenvalue weighted by Crippen LogP contribution is 2.38. The first-order valence-corrected chi connectivity index (χ1v) is 8.04. The van der Waals surface area contributed by atoms with Crippen LogP contribution in [0.4, 0.5) is 24.5 Å². The summed E-state index contributed by atoms with van der Waals surface area (Å²) in [7, 11) is 0. The predicted molar refractivity (Wildman–Crippen MR) is 88.1 cm³/mol. The number of rotatable bonds is 2. The van der Waals surface area contributed by atoms with E-state index in [1.54, 1.807) is 0 Å². The van der Waals surface area contributed by atoms with E-state index in [1.165, 1.54) is 6.07 Å². The molecule has 4 N–H and O–H groups in total. The van der Waals surface area contributed by atoms with Crippen molar-refractivity contribution < 1.29 is 18.3 Å². The van der Waals surface area contributed by atoms with Gasteiger partial charge < -0.3 is 16.2 Å². The number of hydrogen-bond donors (Lipinski definition) is 3. The maximum absolute atomic E-state index is 12.9. The minimum Gasteiger partial charge on any atom is -0.395 e. The molecule has 1 aromatic carbocycles. The third-order valence-corrected chi connectivity index (χ3v) is 4.64. The van der Waals surface area contributed by atoms with E-state index in [0.717, 1.165) is 25.0 Å². The molecule has 2 aromatic rings. The molecule has 0 bridgehead atoms. The van der Waals surface area contributed by atoms with Crippen LogP contribution in [-0.2, 0) is 6.18 Å². The van der Waals surface area contributed by atoms with Crippen molar-refractivity contribution in [1.29, 1.82) is 0 Å². The van der Waals surface area contributed by atoms with E-state index in [4.69, 9.17) is 17.3 Å². The lowest BCUT2D eigenvalue weighted by molar-refractivity contribution is -0.137. The van der Waals surface area contributed by atoms with Gasteiger partial charge in [-0.15, -0.1) is 0 Å². The lowest BCUT2D eigenvalue weighted by Crippen LogP contribution is -2.28. The Kier molecular flexibility index (Phi) is 4.48. The molecule has 1 saturated carbocycles. The molecule has 0 unspecified atom stereocenters.